The van der Waals surface area contributed by atoms with Crippen molar-refractivity contribution in [3.05, 3.63) is 23.0 Å². The SMILES string of the molecule is CC.Cc1cc(C(F)(F)F)nc(C)c1N. The van der Waals surface area contributed by atoms with E-state index in [9.17, 15) is 13.2 Å². The maximum absolute atomic E-state index is 12.2. The van der Waals surface area contributed by atoms with Crippen LogP contribution in [0.1, 0.15) is 30.8 Å². The number of anilines is 1. The number of pyridine rings is 1. The Labute approximate surface area is 87.3 Å². The third-order valence-corrected chi connectivity index (χ3v) is 1.75. The van der Waals surface area contributed by atoms with E-state index in [1.165, 1.54) is 13.8 Å². The Hall–Kier alpha value is -1.26. The number of halogens is 3. The molecule has 0 aliphatic heterocycles. The zero-order chi connectivity index (χ0) is 12.2. The molecule has 2 nitrogen and oxygen atoms in total. The number of hydrogen-bond donors (Lipinski definition) is 1. The summed E-state index contributed by atoms with van der Waals surface area (Å²) in [6, 6.07) is 0.947. The van der Waals surface area contributed by atoms with Crippen molar-refractivity contribution < 1.29 is 13.2 Å². The number of nitrogens with two attached hydrogens (primary N) is 1. The first-order valence-corrected chi connectivity index (χ1v) is 4.63. The number of aryl methyl sites for hydroxylation is 2. The van der Waals surface area contributed by atoms with Crippen molar-refractivity contribution in [2.75, 3.05) is 5.73 Å². The summed E-state index contributed by atoms with van der Waals surface area (Å²) in [7, 11) is 0. The number of hydrogen-bond acceptors (Lipinski definition) is 2. The molecule has 15 heavy (non-hydrogen) atoms. The van der Waals surface area contributed by atoms with Gasteiger partial charge in [-0.2, -0.15) is 13.2 Å². The van der Waals surface area contributed by atoms with E-state index in [1.54, 1.807) is 0 Å². The van der Waals surface area contributed by atoms with Crippen molar-refractivity contribution in [2.24, 2.45) is 0 Å². The van der Waals surface area contributed by atoms with Crippen LogP contribution in [0, 0.1) is 13.8 Å². The van der Waals surface area contributed by atoms with Gasteiger partial charge in [-0.3, -0.25) is 0 Å². The Balaban J connectivity index is 0.000000921. The molecule has 1 heterocycles. The van der Waals surface area contributed by atoms with E-state index in [0.29, 0.717) is 11.3 Å². The molecule has 0 radical (unpaired) electrons. The van der Waals surface area contributed by atoms with Crippen LogP contribution in [0.4, 0.5) is 18.9 Å². The highest BCUT2D eigenvalue weighted by atomic mass is 19.4. The van der Waals surface area contributed by atoms with Crippen LogP contribution in [0.15, 0.2) is 6.07 Å². The highest BCUT2D eigenvalue weighted by Gasteiger charge is 2.33. The number of nitrogen functional groups attached to an aromatic ring is 1. The van der Waals surface area contributed by atoms with E-state index in [2.05, 4.69) is 4.98 Å². The molecule has 0 spiro atoms. The second-order valence-corrected chi connectivity index (χ2v) is 2.82. The van der Waals surface area contributed by atoms with Gasteiger partial charge in [0.05, 0.1) is 11.4 Å². The first kappa shape index (κ1) is 13.7. The third kappa shape index (κ3) is 3.42. The van der Waals surface area contributed by atoms with Crippen molar-refractivity contribution in [1.29, 1.82) is 0 Å². The number of alkyl halides is 3. The predicted molar refractivity (Wildman–Crippen MR) is 54.5 cm³/mol. The van der Waals surface area contributed by atoms with Gasteiger partial charge in [-0.1, -0.05) is 13.8 Å². The fraction of sp³-hybridized carbons (Fsp3) is 0.500. The van der Waals surface area contributed by atoms with E-state index < -0.39 is 11.9 Å². The smallest absolute Gasteiger partial charge is 0.397 e. The molecule has 0 aromatic carbocycles. The topological polar surface area (TPSA) is 38.9 Å². The van der Waals surface area contributed by atoms with Crippen LogP contribution in [-0.4, -0.2) is 4.98 Å². The Bertz CT molecular complexity index is 309. The van der Waals surface area contributed by atoms with Gasteiger partial charge >= 0.3 is 6.18 Å². The largest absolute Gasteiger partial charge is 0.433 e. The monoisotopic (exact) mass is 220 g/mol. The van der Waals surface area contributed by atoms with Gasteiger partial charge in [-0.05, 0) is 25.5 Å². The van der Waals surface area contributed by atoms with Gasteiger partial charge in [0.25, 0.3) is 0 Å². The standard InChI is InChI=1S/C8H9F3N2.C2H6/c1-4-3-6(8(9,10)11)13-5(2)7(4)12;1-2/h3H,12H2,1-2H3;1-2H3. The van der Waals surface area contributed by atoms with E-state index in [-0.39, 0.29) is 5.69 Å². The summed E-state index contributed by atoms with van der Waals surface area (Å²) in [5.41, 5.74) is 5.50. The molecular weight excluding hydrogens is 205 g/mol. The van der Waals surface area contributed by atoms with Crippen molar-refractivity contribution in [1.82, 2.24) is 4.98 Å². The van der Waals surface area contributed by atoms with Crippen LogP contribution in [0.3, 0.4) is 0 Å². The van der Waals surface area contributed by atoms with E-state index in [4.69, 9.17) is 5.73 Å². The summed E-state index contributed by atoms with van der Waals surface area (Å²) in [4.78, 5) is 3.35. The van der Waals surface area contributed by atoms with Gasteiger partial charge in [-0.15, -0.1) is 0 Å². The molecule has 1 aromatic rings. The summed E-state index contributed by atoms with van der Waals surface area (Å²) in [5, 5.41) is 0. The van der Waals surface area contributed by atoms with Gasteiger partial charge in [0.15, 0.2) is 0 Å². The number of aromatic nitrogens is 1. The summed E-state index contributed by atoms with van der Waals surface area (Å²) < 4.78 is 36.5. The fourth-order valence-corrected chi connectivity index (χ4v) is 0.987. The van der Waals surface area contributed by atoms with Gasteiger partial charge in [-0.25, -0.2) is 4.98 Å². The molecule has 1 rings (SSSR count). The zero-order valence-electron chi connectivity index (χ0n) is 9.24. The van der Waals surface area contributed by atoms with E-state index in [1.807, 2.05) is 13.8 Å². The molecule has 0 aliphatic carbocycles. The molecule has 0 atom stereocenters. The van der Waals surface area contributed by atoms with Gasteiger partial charge < -0.3 is 5.73 Å². The van der Waals surface area contributed by atoms with Crippen molar-refractivity contribution in [3.8, 4) is 0 Å². The quantitative estimate of drug-likeness (QED) is 0.728. The lowest BCUT2D eigenvalue weighted by atomic mass is 10.1. The minimum atomic E-state index is -4.40. The molecule has 0 amide bonds. The average molecular weight is 220 g/mol. The van der Waals surface area contributed by atoms with Crippen molar-refractivity contribution in [3.63, 3.8) is 0 Å². The second-order valence-electron chi connectivity index (χ2n) is 2.82. The summed E-state index contributed by atoms with van der Waals surface area (Å²) in [5.74, 6) is 0. The molecule has 2 N–H and O–H groups in total. The summed E-state index contributed by atoms with van der Waals surface area (Å²) >= 11 is 0. The summed E-state index contributed by atoms with van der Waals surface area (Å²) in [6.07, 6.45) is -4.40. The van der Waals surface area contributed by atoms with E-state index >= 15 is 0 Å². The maximum Gasteiger partial charge on any atom is 0.433 e. The normalized spacial score (nSPS) is 10.6. The molecule has 0 saturated carbocycles. The maximum atomic E-state index is 12.2. The number of rotatable bonds is 0. The third-order valence-electron chi connectivity index (χ3n) is 1.75. The fourth-order valence-electron chi connectivity index (χ4n) is 0.987. The molecule has 5 heteroatoms. The van der Waals surface area contributed by atoms with E-state index in [0.717, 1.165) is 6.07 Å². The molecule has 1 aromatic heterocycles. The Morgan fingerprint density at radius 1 is 1.20 bits per heavy atom. The Morgan fingerprint density at radius 2 is 1.67 bits per heavy atom. The summed E-state index contributed by atoms with van der Waals surface area (Å²) in [6.45, 7) is 6.98. The van der Waals surface area contributed by atoms with Crippen LogP contribution in [0.2, 0.25) is 0 Å². The Kier molecular flexibility index (Phi) is 4.58. The lowest BCUT2D eigenvalue weighted by molar-refractivity contribution is -0.141. The van der Waals surface area contributed by atoms with Crippen LogP contribution in [0.25, 0.3) is 0 Å². The zero-order valence-corrected chi connectivity index (χ0v) is 9.24. The molecule has 0 fully saturated rings. The van der Waals surface area contributed by atoms with Crippen LogP contribution < -0.4 is 5.73 Å². The second kappa shape index (κ2) is 5.00. The van der Waals surface area contributed by atoms with Gasteiger partial charge in [0.1, 0.15) is 5.69 Å². The predicted octanol–water partition coefficient (Wildman–Crippen LogP) is 3.33. The minimum Gasteiger partial charge on any atom is -0.397 e. The van der Waals surface area contributed by atoms with Crippen molar-refractivity contribution >= 4 is 5.69 Å². The van der Waals surface area contributed by atoms with Crippen molar-refractivity contribution in [2.45, 2.75) is 33.9 Å². The molecule has 0 bridgehead atoms. The minimum absolute atomic E-state index is 0.215. The first-order valence-electron chi connectivity index (χ1n) is 4.63. The molecule has 0 unspecified atom stereocenters. The average Bonchev–Trinajstić information content (AvgIpc) is 2.15. The molecule has 86 valence electrons. The lowest BCUT2D eigenvalue weighted by Crippen LogP contribution is -2.10. The first-order chi connectivity index (χ1) is 6.82. The molecule has 0 aliphatic rings. The van der Waals surface area contributed by atoms with Crippen LogP contribution in [0.5, 0.6) is 0 Å². The van der Waals surface area contributed by atoms with Gasteiger partial charge in [0, 0.05) is 0 Å². The lowest BCUT2D eigenvalue weighted by Gasteiger charge is -2.09. The highest BCUT2D eigenvalue weighted by Crippen LogP contribution is 2.30. The van der Waals surface area contributed by atoms with Crippen LogP contribution in [-0.2, 0) is 6.18 Å². The Morgan fingerprint density at radius 3 is 2.00 bits per heavy atom. The molecular formula is C10H15F3N2. The van der Waals surface area contributed by atoms with Crippen LogP contribution >= 0.6 is 0 Å². The highest BCUT2D eigenvalue weighted by molar-refractivity contribution is 5.50. The molecule has 0 saturated heterocycles. The van der Waals surface area contributed by atoms with Gasteiger partial charge in [0.2, 0.25) is 0 Å². The number of nitrogens with zero attached hydrogens (tertiary/aromatic N) is 1.